The molecule has 5 fully saturated rings. The Kier molecular flexibility index (Phi) is 3.36. The van der Waals surface area contributed by atoms with E-state index in [4.69, 9.17) is 0 Å². The highest BCUT2D eigenvalue weighted by Crippen LogP contribution is 2.56. The standard InChI is InChI=1S/C16H27NS/c1-3-18-4-2-15(1)17-10-16-13-6-11-5-12(8-13)9-14(16)7-11/h11-17H,1-10H2. The van der Waals surface area contributed by atoms with Crippen molar-refractivity contribution in [1.82, 2.24) is 5.32 Å². The minimum atomic E-state index is 0.850. The molecule has 0 amide bonds. The lowest BCUT2D eigenvalue weighted by molar-refractivity contribution is -0.0363. The van der Waals surface area contributed by atoms with Gasteiger partial charge in [0.15, 0.2) is 0 Å². The molecule has 102 valence electrons. The highest BCUT2D eigenvalue weighted by atomic mass is 32.2. The first-order valence-electron chi connectivity index (χ1n) is 8.19. The summed E-state index contributed by atoms with van der Waals surface area (Å²) in [6.45, 7) is 1.35. The molecule has 18 heavy (non-hydrogen) atoms. The van der Waals surface area contributed by atoms with Gasteiger partial charge in [-0.25, -0.2) is 0 Å². The smallest absolute Gasteiger partial charge is 0.00828 e. The monoisotopic (exact) mass is 265 g/mol. The maximum absolute atomic E-state index is 3.94. The molecule has 0 atom stereocenters. The summed E-state index contributed by atoms with van der Waals surface area (Å²) >= 11 is 2.14. The van der Waals surface area contributed by atoms with Crippen molar-refractivity contribution in [3.63, 3.8) is 0 Å². The molecule has 1 nitrogen and oxygen atoms in total. The van der Waals surface area contributed by atoms with Crippen LogP contribution in [-0.2, 0) is 0 Å². The van der Waals surface area contributed by atoms with Crippen LogP contribution in [-0.4, -0.2) is 24.1 Å². The van der Waals surface area contributed by atoms with Crippen LogP contribution in [0.1, 0.15) is 44.9 Å². The van der Waals surface area contributed by atoms with E-state index in [-0.39, 0.29) is 0 Å². The first-order chi connectivity index (χ1) is 8.88. The molecule has 0 unspecified atom stereocenters. The highest BCUT2D eigenvalue weighted by molar-refractivity contribution is 7.99. The largest absolute Gasteiger partial charge is 0.314 e. The Bertz CT molecular complexity index is 269. The van der Waals surface area contributed by atoms with Gasteiger partial charge in [0.1, 0.15) is 0 Å². The van der Waals surface area contributed by atoms with Crippen LogP contribution in [0.5, 0.6) is 0 Å². The van der Waals surface area contributed by atoms with Gasteiger partial charge < -0.3 is 5.32 Å². The highest BCUT2D eigenvalue weighted by Gasteiger charge is 2.47. The Morgan fingerprint density at radius 1 is 0.833 bits per heavy atom. The van der Waals surface area contributed by atoms with E-state index in [0.717, 1.165) is 35.6 Å². The number of nitrogens with one attached hydrogen (secondary N) is 1. The summed E-state index contributed by atoms with van der Waals surface area (Å²) < 4.78 is 0. The minimum absolute atomic E-state index is 0.850. The Morgan fingerprint density at radius 3 is 2.06 bits per heavy atom. The van der Waals surface area contributed by atoms with Crippen molar-refractivity contribution in [2.24, 2.45) is 29.6 Å². The molecule has 4 aliphatic carbocycles. The van der Waals surface area contributed by atoms with Crippen molar-refractivity contribution < 1.29 is 0 Å². The molecule has 1 N–H and O–H groups in total. The maximum atomic E-state index is 3.94. The van der Waals surface area contributed by atoms with Gasteiger partial charge >= 0.3 is 0 Å². The molecule has 4 saturated carbocycles. The van der Waals surface area contributed by atoms with Crippen LogP contribution in [0.25, 0.3) is 0 Å². The Balaban J connectivity index is 1.34. The van der Waals surface area contributed by atoms with Gasteiger partial charge in [0.2, 0.25) is 0 Å². The van der Waals surface area contributed by atoms with Crippen molar-refractivity contribution in [3.8, 4) is 0 Å². The van der Waals surface area contributed by atoms with Crippen LogP contribution in [0.3, 0.4) is 0 Å². The molecule has 1 heterocycles. The maximum Gasteiger partial charge on any atom is 0.00828 e. The van der Waals surface area contributed by atoms with Crippen LogP contribution in [0, 0.1) is 29.6 Å². The minimum Gasteiger partial charge on any atom is -0.314 e. The first-order valence-corrected chi connectivity index (χ1v) is 9.35. The average molecular weight is 265 g/mol. The van der Waals surface area contributed by atoms with Crippen LogP contribution in [0.2, 0.25) is 0 Å². The molecular weight excluding hydrogens is 238 g/mol. The molecule has 1 saturated heterocycles. The number of thioether (sulfide) groups is 1. The van der Waals surface area contributed by atoms with E-state index in [1.807, 2.05) is 0 Å². The molecular formula is C16H27NS. The van der Waals surface area contributed by atoms with E-state index in [0.29, 0.717) is 0 Å². The molecule has 4 bridgehead atoms. The Hall–Kier alpha value is 0.310. The third kappa shape index (κ3) is 2.24. The molecule has 5 rings (SSSR count). The predicted octanol–water partition coefficient (Wildman–Crippen LogP) is 3.54. The SMILES string of the molecule is C1CC(NCC2C3CC4CC(C3)CC2C4)CCS1. The third-order valence-corrected chi connectivity index (χ3v) is 7.33. The fraction of sp³-hybridized carbons (Fsp3) is 1.00. The van der Waals surface area contributed by atoms with E-state index < -0.39 is 0 Å². The quantitative estimate of drug-likeness (QED) is 0.837. The van der Waals surface area contributed by atoms with E-state index >= 15 is 0 Å². The average Bonchev–Trinajstić information content (AvgIpc) is 2.38. The molecule has 0 radical (unpaired) electrons. The van der Waals surface area contributed by atoms with E-state index in [1.165, 1.54) is 30.9 Å². The zero-order valence-corrected chi connectivity index (χ0v) is 12.3. The van der Waals surface area contributed by atoms with Crippen molar-refractivity contribution in [2.75, 3.05) is 18.1 Å². The summed E-state index contributed by atoms with van der Waals surface area (Å²) in [5, 5.41) is 3.94. The molecule has 0 aromatic heterocycles. The fourth-order valence-corrected chi connectivity index (χ4v) is 6.68. The molecule has 5 aliphatic rings. The van der Waals surface area contributed by atoms with Crippen molar-refractivity contribution in [2.45, 2.75) is 51.0 Å². The summed E-state index contributed by atoms with van der Waals surface area (Å²) in [5.41, 5.74) is 0. The fourth-order valence-electron chi connectivity index (χ4n) is 5.58. The lowest BCUT2D eigenvalue weighted by Gasteiger charge is -2.54. The molecule has 0 aromatic rings. The zero-order chi connectivity index (χ0) is 11.9. The van der Waals surface area contributed by atoms with Crippen LogP contribution < -0.4 is 5.32 Å². The Labute approximate surface area is 116 Å². The van der Waals surface area contributed by atoms with Gasteiger partial charge in [-0.15, -0.1) is 0 Å². The summed E-state index contributed by atoms with van der Waals surface area (Å²) in [6.07, 6.45) is 10.8. The zero-order valence-electron chi connectivity index (χ0n) is 11.4. The number of hydrogen-bond acceptors (Lipinski definition) is 2. The van der Waals surface area contributed by atoms with Crippen molar-refractivity contribution in [1.29, 1.82) is 0 Å². The van der Waals surface area contributed by atoms with Crippen molar-refractivity contribution >= 4 is 11.8 Å². The second-order valence-electron chi connectivity index (χ2n) is 7.39. The molecule has 0 aromatic carbocycles. The third-order valence-electron chi connectivity index (χ3n) is 6.29. The van der Waals surface area contributed by atoms with Gasteiger partial charge in [-0.3, -0.25) is 0 Å². The van der Waals surface area contributed by atoms with Gasteiger partial charge in [-0.05, 0) is 92.6 Å². The van der Waals surface area contributed by atoms with Crippen LogP contribution in [0.4, 0.5) is 0 Å². The van der Waals surface area contributed by atoms with Gasteiger partial charge in [0.05, 0.1) is 0 Å². The molecule has 1 aliphatic heterocycles. The lowest BCUT2D eigenvalue weighted by atomic mass is 9.52. The van der Waals surface area contributed by atoms with Gasteiger partial charge in [-0.1, -0.05) is 0 Å². The molecule has 0 spiro atoms. The second-order valence-corrected chi connectivity index (χ2v) is 8.61. The van der Waals surface area contributed by atoms with E-state index in [1.54, 1.807) is 32.1 Å². The number of hydrogen-bond donors (Lipinski definition) is 1. The van der Waals surface area contributed by atoms with Crippen molar-refractivity contribution in [3.05, 3.63) is 0 Å². The summed E-state index contributed by atoms with van der Waals surface area (Å²) in [6, 6.07) is 0.850. The predicted molar refractivity (Wildman–Crippen MR) is 78.9 cm³/mol. The van der Waals surface area contributed by atoms with E-state index in [2.05, 4.69) is 17.1 Å². The van der Waals surface area contributed by atoms with Crippen LogP contribution >= 0.6 is 11.8 Å². The normalized spacial score (nSPS) is 47.7. The summed E-state index contributed by atoms with van der Waals surface area (Å²) in [5.74, 6) is 8.30. The van der Waals surface area contributed by atoms with Gasteiger partial charge in [-0.2, -0.15) is 11.8 Å². The van der Waals surface area contributed by atoms with Crippen LogP contribution in [0.15, 0.2) is 0 Å². The first kappa shape index (κ1) is 12.1. The van der Waals surface area contributed by atoms with Gasteiger partial charge in [0, 0.05) is 6.04 Å². The van der Waals surface area contributed by atoms with E-state index in [9.17, 15) is 0 Å². The molecule has 2 heteroatoms. The topological polar surface area (TPSA) is 12.0 Å². The lowest BCUT2D eigenvalue weighted by Crippen LogP contribution is -2.49. The Morgan fingerprint density at radius 2 is 1.44 bits per heavy atom. The number of rotatable bonds is 3. The summed E-state index contributed by atoms with van der Waals surface area (Å²) in [4.78, 5) is 0. The summed E-state index contributed by atoms with van der Waals surface area (Å²) in [7, 11) is 0. The van der Waals surface area contributed by atoms with Gasteiger partial charge in [0.25, 0.3) is 0 Å². The second kappa shape index (κ2) is 5.01.